The van der Waals surface area contributed by atoms with Gasteiger partial charge in [-0.1, -0.05) is 47.5 Å². The summed E-state index contributed by atoms with van der Waals surface area (Å²) in [6.45, 7) is 2.87. The second-order valence-corrected chi connectivity index (χ2v) is 23.5. The van der Waals surface area contributed by atoms with Crippen LogP contribution in [-0.4, -0.2) is 120 Å². The minimum Gasteiger partial charge on any atom is -0.490 e. The van der Waals surface area contributed by atoms with E-state index >= 15 is 8.78 Å². The topological polar surface area (TPSA) is 148 Å². The molecule has 6 aliphatic heterocycles. The van der Waals surface area contributed by atoms with Crippen molar-refractivity contribution in [2.75, 3.05) is 75.9 Å². The van der Waals surface area contributed by atoms with Crippen molar-refractivity contribution < 1.29 is 64.0 Å². The molecule has 0 radical (unpaired) electrons. The molecule has 4 saturated heterocycles. The highest BCUT2D eigenvalue weighted by Crippen LogP contribution is 2.54. The number of rotatable bonds is 16. The van der Waals surface area contributed by atoms with E-state index in [1.165, 1.54) is 6.07 Å². The van der Waals surface area contributed by atoms with Gasteiger partial charge in [-0.05, 0) is 104 Å². The molecule has 4 aromatic rings. The van der Waals surface area contributed by atoms with Crippen LogP contribution in [0.5, 0.6) is 11.5 Å². The number of hydrogen-bond acceptors (Lipinski definition) is 11. The molecule has 6 atom stereocenters. The van der Waals surface area contributed by atoms with Crippen LogP contribution in [0, 0.1) is 35.1 Å². The van der Waals surface area contributed by atoms with Crippen LogP contribution in [-0.2, 0) is 62.0 Å². The third kappa shape index (κ3) is 11.7. The van der Waals surface area contributed by atoms with Crippen molar-refractivity contribution >= 4 is 56.6 Å². The Morgan fingerprint density at radius 1 is 0.611 bits per heavy atom. The van der Waals surface area contributed by atoms with Gasteiger partial charge in [-0.25, -0.2) is 26.0 Å². The maximum atomic E-state index is 15.4. The van der Waals surface area contributed by atoms with E-state index in [1.807, 2.05) is 36.4 Å². The average Bonchev–Trinajstić information content (AvgIpc) is 3.33. The van der Waals surface area contributed by atoms with Crippen molar-refractivity contribution in [3.05, 3.63) is 128 Å². The maximum absolute atomic E-state index is 15.4. The molecule has 4 fully saturated rings. The Kier molecular flexibility index (Phi) is 16.7. The summed E-state index contributed by atoms with van der Waals surface area (Å²) in [7, 11) is -3.73. The highest BCUT2D eigenvalue weighted by atomic mass is 35.5. The Labute approximate surface area is 430 Å². The fourth-order valence-corrected chi connectivity index (χ4v) is 13.4. The van der Waals surface area contributed by atoms with Gasteiger partial charge in [-0.2, -0.15) is 11.8 Å². The molecule has 2 N–H and O–H groups in total. The van der Waals surface area contributed by atoms with E-state index in [0.717, 1.165) is 29.3 Å². The van der Waals surface area contributed by atoms with E-state index in [2.05, 4.69) is 10.6 Å². The Bertz CT molecular complexity index is 2700. The predicted octanol–water partition coefficient (Wildman–Crippen LogP) is 7.75. The number of carbonyl (C=O) groups excluding carboxylic acids is 2. The lowest BCUT2D eigenvalue weighted by Gasteiger charge is -2.51. The number of nitrogens with one attached hydrogen (secondary N) is 2. The minimum atomic E-state index is -3.73. The van der Waals surface area contributed by atoms with Crippen molar-refractivity contribution in [3.63, 3.8) is 0 Å². The van der Waals surface area contributed by atoms with Crippen LogP contribution >= 0.6 is 35.0 Å². The number of halogens is 6. The molecule has 4 aromatic carbocycles. The molecule has 6 heterocycles. The summed E-state index contributed by atoms with van der Waals surface area (Å²) in [6.07, 6.45) is 1.89. The average molecular weight is 1080 g/mol. The molecule has 0 aromatic heterocycles. The molecular weight excluding hydrogens is 1020 g/mol. The summed E-state index contributed by atoms with van der Waals surface area (Å²) < 4.78 is 119. The molecule has 0 saturated carbocycles. The molecule has 12 nitrogen and oxygen atoms in total. The lowest BCUT2D eigenvalue weighted by atomic mass is 9.60. The second kappa shape index (κ2) is 22.8. The maximum Gasteiger partial charge on any atom is 0.235 e. The zero-order valence-electron chi connectivity index (χ0n) is 39.3. The van der Waals surface area contributed by atoms with Gasteiger partial charge in [-0.3, -0.25) is 9.59 Å². The SMILES string of the molecule is O=C(CS(=O)(=O)CC[C@@H]1OCC[C@@]2(Cc3ccc(Cl)cc3)c3c(F)ccc(F)c3OC[C@@H]12)NC1COC1.O=C(CSCC[C@@H]1OCC[C@@]2(Cc3ccc(Cl)cc3)c3c(F)ccc(F)c3OC[C@@H]12)NC1COC1. The van der Waals surface area contributed by atoms with Gasteiger partial charge in [0.05, 0.1) is 75.4 Å². The number of benzene rings is 4. The highest BCUT2D eigenvalue weighted by Gasteiger charge is 2.55. The predicted molar refractivity (Wildman–Crippen MR) is 264 cm³/mol. The molecule has 388 valence electrons. The molecule has 0 aliphatic carbocycles. The molecule has 20 heteroatoms. The molecule has 10 rings (SSSR count). The van der Waals surface area contributed by atoms with E-state index in [9.17, 15) is 26.8 Å². The molecule has 72 heavy (non-hydrogen) atoms. The van der Waals surface area contributed by atoms with Crippen molar-refractivity contribution in [1.29, 1.82) is 0 Å². The van der Waals surface area contributed by atoms with Crippen LogP contribution in [0.15, 0.2) is 72.8 Å². The Morgan fingerprint density at radius 2 is 1.06 bits per heavy atom. The van der Waals surface area contributed by atoms with Crippen LogP contribution < -0.4 is 20.1 Å². The van der Waals surface area contributed by atoms with Gasteiger partial charge >= 0.3 is 0 Å². The largest absolute Gasteiger partial charge is 0.490 e. The summed E-state index contributed by atoms with van der Waals surface area (Å²) in [6, 6.07) is 19.1. The first-order chi connectivity index (χ1) is 34.6. The van der Waals surface area contributed by atoms with Crippen LogP contribution in [0.25, 0.3) is 0 Å². The minimum absolute atomic E-state index is 0.00239. The lowest BCUT2D eigenvalue weighted by Crippen LogP contribution is -2.55. The highest BCUT2D eigenvalue weighted by molar-refractivity contribution is 7.99. The standard InChI is InChI=1S/C26H28ClF2NO6S.C26H28ClF2NO4S/c27-17-3-1-16(2-4-17)11-26-8-9-35-22(7-10-37(32,33)15-23(31)30-18-12-34-13-18)19(26)14-36-25-21(29)6-5-20(28)24(25)26;27-17-3-1-16(2-4-17)11-26-8-9-33-22(7-10-35-15-23(31)30-18-12-32-13-18)19(26)14-34-25-21(29)6-5-20(28)24(25)26/h1-6,18-19,22H,7-15H2,(H,30,31);1-6,18-19,22H,7-15H2,(H,30,31)/t2*19-,22-,26-/m00/s1. The Morgan fingerprint density at radius 3 is 1.51 bits per heavy atom. The number of amides is 2. The third-order valence-electron chi connectivity index (χ3n) is 14.7. The van der Waals surface area contributed by atoms with Gasteiger partial charge in [0.2, 0.25) is 11.8 Å². The second-order valence-electron chi connectivity index (χ2n) is 19.4. The summed E-state index contributed by atoms with van der Waals surface area (Å²) >= 11 is 13.7. The van der Waals surface area contributed by atoms with Crippen molar-refractivity contribution in [2.45, 2.75) is 73.6 Å². The smallest absolute Gasteiger partial charge is 0.235 e. The van der Waals surface area contributed by atoms with Crippen LogP contribution in [0.4, 0.5) is 17.6 Å². The molecule has 0 spiro atoms. The normalized spacial score (nSPS) is 25.5. The molecule has 0 unspecified atom stereocenters. The first kappa shape index (κ1) is 52.7. The van der Waals surface area contributed by atoms with Crippen molar-refractivity contribution in [1.82, 2.24) is 10.6 Å². The van der Waals surface area contributed by atoms with E-state index < -0.39 is 67.6 Å². The van der Waals surface area contributed by atoms with E-state index in [0.29, 0.717) is 92.3 Å². The summed E-state index contributed by atoms with van der Waals surface area (Å²) in [4.78, 5) is 24.2. The number of thioether (sulfide) groups is 1. The number of carbonyl (C=O) groups is 2. The number of sulfone groups is 1. The Balaban J connectivity index is 0.000000178. The zero-order chi connectivity index (χ0) is 50.6. The van der Waals surface area contributed by atoms with Gasteiger partial charge in [0.15, 0.2) is 33.0 Å². The van der Waals surface area contributed by atoms with Crippen LogP contribution in [0.3, 0.4) is 0 Å². The molecule has 0 bridgehead atoms. The zero-order valence-corrected chi connectivity index (χ0v) is 42.4. The summed E-state index contributed by atoms with van der Waals surface area (Å²) in [5.74, 6) is -3.28. The van der Waals surface area contributed by atoms with E-state index in [1.54, 1.807) is 23.9 Å². The summed E-state index contributed by atoms with van der Waals surface area (Å²) in [5, 5.41) is 6.76. The van der Waals surface area contributed by atoms with Crippen molar-refractivity contribution in [3.8, 4) is 11.5 Å². The number of fused-ring (bicyclic) bond motifs is 6. The van der Waals surface area contributed by atoms with Gasteiger partial charge in [-0.15, -0.1) is 0 Å². The fraction of sp³-hybridized carbons (Fsp3) is 0.500. The molecular formula is C52H56Cl2F4N2O10S2. The fourth-order valence-electron chi connectivity index (χ4n) is 11.1. The number of hydrogen-bond donors (Lipinski definition) is 2. The summed E-state index contributed by atoms with van der Waals surface area (Å²) in [5.41, 5.74) is 0.826. The van der Waals surface area contributed by atoms with Gasteiger partial charge in [0.1, 0.15) is 17.4 Å². The van der Waals surface area contributed by atoms with Crippen LogP contribution in [0.1, 0.15) is 47.9 Å². The lowest BCUT2D eigenvalue weighted by molar-refractivity contribution is -0.123. The van der Waals surface area contributed by atoms with Gasteiger partial charge in [0.25, 0.3) is 0 Å². The van der Waals surface area contributed by atoms with Crippen molar-refractivity contribution in [2.24, 2.45) is 11.8 Å². The Hall–Kier alpha value is -4.14. The monoisotopic (exact) mass is 1080 g/mol. The van der Waals surface area contributed by atoms with Gasteiger partial charge < -0.3 is 39.1 Å². The van der Waals surface area contributed by atoms with Crippen LogP contribution in [0.2, 0.25) is 10.0 Å². The first-order valence-corrected chi connectivity index (χ1v) is 27.8. The quantitative estimate of drug-likeness (QED) is 0.0839. The first-order valence-electron chi connectivity index (χ1n) is 24.1. The number of ether oxygens (including phenoxy) is 6. The van der Waals surface area contributed by atoms with Gasteiger partial charge in [0, 0.05) is 57.1 Å². The van der Waals surface area contributed by atoms with E-state index in [-0.39, 0.29) is 79.1 Å². The molecule has 6 aliphatic rings. The third-order valence-corrected chi connectivity index (χ3v) is 17.8. The molecule has 2 amide bonds. The van der Waals surface area contributed by atoms with E-state index in [4.69, 9.17) is 51.6 Å².